The number of piperidine rings is 1. The second-order valence-electron chi connectivity index (χ2n) is 5.41. The predicted octanol–water partition coefficient (Wildman–Crippen LogP) is 1.56. The Morgan fingerprint density at radius 1 is 1.28 bits per heavy atom. The number of amides is 1. The molecule has 1 saturated heterocycles. The molecule has 1 amide bonds. The largest absolute Gasteiger partial charge is 0.380 e. The maximum Gasteiger partial charge on any atom is 0.225 e. The Balaban J connectivity index is 0.00000162. The zero-order chi connectivity index (χ0) is 12.3. The summed E-state index contributed by atoms with van der Waals surface area (Å²) < 4.78 is 5.36. The summed E-state index contributed by atoms with van der Waals surface area (Å²) in [5, 5.41) is 0. The summed E-state index contributed by atoms with van der Waals surface area (Å²) in [6.07, 6.45) is 6.41. The molecule has 5 heteroatoms. The maximum absolute atomic E-state index is 12.4. The van der Waals surface area contributed by atoms with Gasteiger partial charge in [0.05, 0.1) is 6.10 Å². The lowest BCUT2D eigenvalue weighted by Gasteiger charge is -2.36. The van der Waals surface area contributed by atoms with Gasteiger partial charge in [0.15, 0.2) is 0 Å². The van der Waals surface area contributed by atoms with E-state index in [2.05, 4.69) is 0 Å². The fourth-order valence-corrected chi connectivity index (χ4v) is 3.04. The third-order valence-corrected chi connectivity index (χ3v) is 4.09. The highest BCUT2D eigenvalue weighted by atomic mass is 35.5. The van der Waals surface area contributed by atoms with Crippen molar-refractivity contribution in [1.29, 1.82) is 0 Å². The molecule has 0 radical (unpaired) electrons. The van der Waals surface area contributed by atoms with Crippen LogP contribution in [0.3, 0.4) is 0 Å². The van der Waals surface area contributed by atoms with Gasteiger partial charge >= 0.3 is 0 Å². The molecular weight excluding hydrogens is 252 g/mol. The monoisotopic (exact) mass is 276 g/mol. The van der Waals surface area contributed by atoms with Gasteiger partial charge in [-0.05, 0) is 32.1 Å². The van der Waals surface area contributed by atoms with Crippen LogP contribution in [0.25, 0.3) is 0 Å². The molecule has 1 aliphatic carbocycles. The highest BCUT2D eigenvalue weighted by Crippen LogP contribution is 2.26. The number of rotatable bonds is 2. The average molecular weight is 277 g/mol. The van der Waals surface area contributed by atoms with Crippen molar-refractivity contribution < 1.29 is 9.53 Å². The zero-order valence-corrected chi connectivity index (χ0v) is 12.0. The smallest absolute Gasteiger partial charge is 0.225 e. The predicted molar refractivity (Wildman–Crippen MR) is 73.8 cm³/mol. The van der Waals surface area contributed by atoms with Crippen molar-refractivity contribution >= 4 is 18.3 Å². The van der Waals surface area contributed by atoms with E-state index in [1.165, 1.54) is 0 Å². The van der Waals surface area contributed by atoms with Crippen LogP contribution < -0.4 is 5.73 Å². The van der Waals surface area contributed by atoms with Gasteiger partial charge in [-0.3, -0.25) is 4.79 Å². The molecule has 1 heterocycles. The van der Waals surface area contributed by atoms with Crippen LogP contribution in [0, 0.1) is 5.92 Å². The fraction of sp³-hybridized carbons (Fsp3) is 0.923. The van der Waals surface area contributed by atoms with Gasteiger partial charge in [0.1, 0.15) is 0 Å². The standard InChI is InChI=1S/C13H24N2O2.ClH/c1-17-12-6-3-7-15(9-12)13(16)10-4-2-5-11(14)8-10;/h10-12H,2-9,14H2,1H3;1H. The Kier molecular flexibility index (Phi) is 6.39. The molecule has 1 aliphatic heterocycles. The van der Waals surface area contributed by atoms with Gasteiger partial charge in [-0.15, -0.1) is 12.4 Å². The first kappa shape index (κ1) is 15.7. The molecule has 2 aliphatic rings. The first-order valence-electron chi connectivity index (χ1n) is 6.78. The maximum atomic E-state index is 12.4. The third kappa shape index (κ3) is 3.84. The number of hydrogen-bond donors (Lipinski definition) is 1. The molecule has 2 rings (SSSR count). The minimum Gasteiger partial charge on any atom is -0.380 e. The van der Waals surface area contributed by atoms with Gasteiger partial charge < -0.3 is 15.4 Å². The van der Waals surface area contributed by atoms with Crippen LogP contribution in [-0.2, 0) is 9.53 Å². The van der Waals surface area contributed by atoms with E-state index in [1.54, 1.807) is 7.11 Å². The van der Waals surface area contributed by atoms with E-state index in [0.717, 1.165) is 51.6 Å². The van der Waals surface area contributed by atoms with Crippen molar-refractivity contribution in [2.24, 2.45) is 11.7 Å². The normalized spacial score (nSPS) is 32.8. The minimum absolute atomic E-state index is 0. The molecule has 3 unspecified atom stereocenters. The summed E-state index contributed by atoms with van der Waals surface area (Å²) in [5.41, 5.74) is 5.95. The molecule has 0 aromatic rings. The number of methoxy groups -OCH3 is 1. The molecule has 18 heavy (non-hydrogen) atoms. The molecule has 0 aromatic carbocycles. The molecule has 2 fully saturated rings. The molecule has 2 N–H and O–H groups in total. The van der Waals surface area contributed by atoms with Crippen LogP contribution >= 0.6 is 12.4 Å². The van der Waals surface area contributed by atoms with E-state index in [1.807, 2.05) is 4.90 Å². The fourth-order valence-electron chi connectivity index (χ4n) is 3.04. The summed E-state index contributed by atoms with van der Waals surface area (Å²) in [4.78, 5) is 14.4. The lowest BCUT2D eigenvalue weighted by Crippen LogP contribution is -2.47. The van der Waals surface area contributed by atoms with Crippen LogP contribution in [0.4, 0.5) is 0 Å². The van der Waals surface area contributed by atoms with Crippen LogP contribution in [0.5, 0.6) is 0 Å². The van der Waals surface area contributed by atoms with E-state index < -0.39 is 0 Å². The number of halogens is 1. The number of hydrogen-bond acceptors (Lipinski definition) is 3. The molecular formula is C13H25ClN2O2. The number of nitrogens with two attached hydrogens (primary N) is 1. The molecule has 4 nitrogen and oxygen atoms in total. The number of nitrogens with zero attached hydrogens (tertiary/aromatic N) is 1. The molecule has 106 valence electrons. The van der Waals surface area contributed by atoms with Gasteiger partial charge in [0.2, 0.25) is 5.91 Å². The molecule has 1 saturated carbocycles. The second-order valence-corrected chi connectivity index (χ2v) is 5.41. The summed E-state index contributed by atoms with van der Waals surface area (Å²) in [6, 6.07) is 0.223. The number of carbonyl (C=O) groups is 1. The second kappa shape index (κ2) is 7.31. The SMILES string of the molecule is COC1CCCN(C(=O)C2CCCC(N)C2)C1.Cl. The Bertz CT molecular complexity index is 276. The summed E-state index contributed by atoms with van der Waals surface area (Å²) in [6.45, 7) is 1.66. The number of carbonyl (C=O) groups excluding carboxylic acids is 1. The van der Waals surface area contributed by atoms with Gasteiger partial charge in [-0.1, -0.05) is 6.42 Å². The Morgan fingerprint density at radius 2 is 2.06 bits per heavy atom. The van der Waals surface area contributed by atoms with Crippen LogP contribution in [0.15, 0.2) is 0 Å². The highest BCUT2D eigenvalue weighted by molar-refractivity contribution is 5.85. The molecule has 0 spiro atoms. The quantitative estimate of drug-likeness (QED) is 0.833. The molecule has 0 bridgehead atoms. The van der Waals surface area contributed by atoms with Crippen molar-refractivity contribution in [2.75, 3.05) is 20.2 Å². The van der Waals surface area contributed by atoms with Crippen LogP contribution in [0.1, 0.15) is 38.5 Å². The topological polar surface area (TPSA) is 55.6 Å². The highest BCUT2D eigenvalue weighted by Gasteiger charge is 2.31. The number of likely N-dealkylation sites (tertiary alicyclic amines) is 1. The van der Waals surface area contributed by atoms with Gasteiger partial charge in [0, 0.05) is 32.2 Å². The lowest BCUT2D eigenvalue weighted by molar-refractivity contribution is -0.140. The minimum atomic E-state index is 0. The van der Waals surface area contributed by atoms with Crippen LogP contribution in [0.2, 0.25) is 0 Å². The van der Waals surface area contributed by atoms with Crippen molar-refractivity contribution in [3.05, 3.63) is 0 Å². The van der Waals surface area contributed by atoms with Crippen LogP contribution in [-0.4, -0.2) is 43.2 Å². The third-order valence-electron chi connectivity index (χ3n) is 4.09. The van der Waals surface area contributed by atoms with Gasteiger partial charge in [-0.2, -0.15) is 0 Å². The molecule has 0 aromatic heterocycles. The van der Waals surface area contributed by atoms with E-state index in [0.29, 0.717) is 5.91 Å². The van der Waals surface area contributed by atoms with Crippen molar-refractivity contribution in [3.8, 4) is 0 Å². The van der Waals surface area contributed by atoms with Crippen molar-refractivity contribution in [2.45, 2.75) is 50.7 Å². The average Bonchev–Trinajstić information content (AvgIpc) is 2.38. The Morgan fingerprint density at radius 3 is 2.72 bits per heavy atom. The van der Waals surface area contributed by atoms with Gasteiger partial charge in [-0.25, -0.2) is 0 Å². The lowest BCUT2D eigenvalue weighted by atomic mass is 9.85. The van der Waals surface area contributed by atoms with E-state index in [-0.39, 0.29) is 30.5 Å². The summed E-state index contributed by atoms with van der Waals surface area (Å²) in [7, 11) is 1.73. The Hall–Kier alpha value is -0.320. The zero-order valence-electron chi connectivity index (χ0n) is 11.1. The first-order chi connectivity index (χ1) is 8.20. The number of ether oxygens (including phenoxy) is 1. The Labute approximate surface area is 116 Å². The summed E-state index contributed by atoms with van der Waals surface area (Å²) in [5.74, 6) is 0.469. The van der Waals surface area contributed by atoms with E-state index in [9.17, 15) is 4.79 Å². The van der Waals surface area contributed by atoms with E-state index in [4.69, 9.17) is 10.5 Å². The molecule has 3 atom stereocenters. The van der Waals surface area contributed by atoms with Gasteiger partial charge in [0.25, 0.3) is 0 Å². The first-order valence-corrected chi connectivity index (χ1v) is 6.78. The van der Waals surface area contributed by atoms with Crippen molar-refractivity contribution in [3.63, 3.8) is 0 Å². The van der Waals surface area contributed by atoms with E-state index >= 15 is 0 Å². The van der Waals surface area contributed by atoms with Crippen molar-refractivity contribution in [1.82, 2.24) is 4.90 Å². The summed E-state index contributed by atoms with van der Waals surface area (Å²) >= 11 is 0.